The molecule has 1 heterocycles. The Kier molecular flexibility index (Phi) is 4.84. The summed E-state index contributed by atoms with van der Waals surface area (Å²) in [6, 6.07) is 7.75. The molecule has 2 unspecified atom stereocenters. The van der Waals surface area contributed by atoms with Gasteiger partial charge in [-0.15, -0.1) is 0 Å². The van der Waals surface area contributed by atoms with Gasteiger partial charge in [-0.25, -0.2) is 0 Å². The normalized spacial score (nSPS) is 22.7. The summed E-state index contributed by atoms with van der Waals surface area (Å²) in [4.78, 5) is 14.4. The molecular weight excluding hydrogens is 284 g/mol. The lowest BCUT2D eigenvalue weighted by Gasteiger charge is -2.32. The molecule has 0 aromatic heterocycles. The van der Waals surface area contributed by atoms with Crippen molar-refractivity contribution in [3.8, 4) is 5.75 Å². The fourth-order valence-electron chi connectivity index (χ4n) is 2.48. The van der Waals surface area contributed by atoms with Crippen LogP contribution in [0.15, 0.2) is 24.3 Å². The molecule has 1 aromatic rings. The van der Waals surface area contributed by atoms with Crippen LogP contribution in [-0.4, -0.2) is 41.5 Å². The summed E-state index contributed by atoms with van der Waals surface area (Å²) in [5.74, 6) is 0.991. The zero-order chi connectivity index (χ0) is 15.6. The van der Waals surface area contributed by atoms with Gasteiger partial charge in [-0.05, 0) is 44.7 Å². The second-order valence-electron chi connectivity index (χ2n) is 5.99. The number of carbonyl (C=O) groups excluding carboxylic acids is 1. The SMILES string of the molecule is COc1ccc(C2NC(C)C(=O)N2CC(C)(C)SC)cc1. The molecule has 1 aliphatic rings. The molecule has 1 aromatic carbocycles. The van der Waals surface area contributed by atoms with Crippen LogP contribution in [0.1, 0.15) is 32.5 Å². The number of rotatable bonds is 5. The summed E-state index contributed by atoms with van der Waals surface area (Å²) in [6.45, 7) is 6.98. The first-order valence-electron chi connectivity index (χ1n) is 7.13. The number of amides is 1. The van der Waals surface area contributed by atoms with Gasteiger partial charge in [0.2, 0.25) is 5.91 Å². The lowest BCUT2D eigenvalue weighted by molar-refractivity contribution is -0.130. The van der Waals surface area contributed by atoms with Crippen LogP contribution in [-0.2, 0) is 4.79 Å². The zero-order valence-corrected chi connectivity index (χ0v) is 14.2. The molecular formula is C16H24N2O2S. The highest BCUT2D eigenvalue weighted by molar-refractivity contribution is 7.99. The van der Waals surface area contributed by atoms with E-state index in [0.717, 1.165) is 17.9 Å². The number of ether oxygens (including phenoxy) is 1. The van der Waals surface area contributed by atoms with Gasteiger partial charge in [0.25, 0.3) is 0 Å². The zero-order valence-electron chi connectivity index (χ0n) is 13.3. The van der Waals surface area contributed by atoms with Gasteiger partial charge in [0.1, 0.15) is 11.9 Å². The molecule has 1 N–H and O–H groups in total. The highest BCUT2D eigenvalue weighted by Crippen LogP contribution is 2.31. The van der Waals surface area contributed by atoms with Crippen LogP contribution >= 0.6 is 11.8 Å². The summed E-state index contributed by atoms with van der Waals surface area (Å²) in [5.41, 5.74) is 1.09. The van der Waals surface area contributed by atoms with Gasteiger partial charge in [-0.3, -0.25) is 10.1 Å². The Labute approximate surface area is 131 Å². The molecule has 5 heteroatoms. The second-order valence-corrected chi connectivity index (χ2v) is 7.51. The summed E-state index contributed by atoms with van der Waals surface area (Å²) in [7, 11) is 1.65. The fourth-order valence-corrected chi connectivity index (χ4v) is 2.75. The molecule has 1 saturated heterocycles. The van der Waals surface area contributed by atoms with Crippen molar-refractivity contribution in [2.45, 2.75) is 37.7 Å². The highest BCUT2D eigenvalue weighted by Gasteiger charge is 2.39. The standard InChI is InChI=1S/C16H24N2O2S/c1-11-15(19)18(10-16(2,3)21-5)14(17-11)12-6-8-13(20-4)9-7-12/h6-9,11,14,17H,10H2,1-5H3. The number of methoxy groups -OCH3 is 1. The van der Waals surface area contributed by atoms with Crippen molar-refractivity contribution < 1.29 is 9.53 Å². The van der Waals surface area contributed by atoms with Gasteiger partial charge in [0, 0.05) is 11.3 Å². The molecule has 0 spiro atoms. The van der Waals surface area contributed by atoms with Gasteiger partial charge in [0.05, 0.1) is 13.2 Å². The minimum Gasteiger partial charge on any atom is -0.497 e. The monoisotopic (exact) mass is 308 g/mol. The molecule has 21 heavy (non-hydrogen) atoms. The van der Waals surface area contributed by atoms with E-state index in [1.807, 2.05) is 36.1 Å². The minimum absolute atomic E-state index is 0.0338. The lowest BCUT2D eigenvalue weighted by atomic mass is 10.1. The van der Waals surface area contributed by atoms with E-state index in [2.05, 4.69) is 25.4 Å². The maximum Gasteiger partial charge on any atom is 0.241 e. The van der Waals surface area contributed by atoms with Crippen LogP contribution in [0, 0.1) is 0 Å². The fraction of sp³-hybridized carbons (Fsp3) is 0.562. The molecule has 116 valence electrons. The third-order valence-electron chi connectivity index (χ3n) is 3.91. The van der Waals surface area contributed by atoms with E-state index in [9.17, 15) is 4.79 Å². The van der Waals surface area contributed by atoms with Crippen LogP contribution < -0.4 is 10.1 Å². The molecule has 2 rings (SSSR count). The second kappa shape index (κ2) is 6.28. The van der Waals surface area contributed by atoms with Crippen LogP contribution in [0.2, 0.25) is 0 Å². The Morgan fingerprint density at radius 1 is 1.33 bits per heavy atom. The van der Waals surface area contributed by atoms with Crippen molar-refractivity contribution in [3.63, 3.8) is 0 Å². The number of benzene rings is 1. The van der Waals surface area contributed by atoms with Crippen molar-refractivity contribution in [3.05, 3.63) is 29.8 Å². The predicted molar refractivity (Wildman–Crippen MR) is 87.6 cm³/mol. The average molecular weight is 308 g/mol. The van der Waals surface area contributed by atoms with E-state index >= 15 is 0 Å². The van der Waals surface area contributed by atoms with E-state index in [4.69, 9.17) is 4.74 Å². The van der Waals surface area contributed by atoms with Crippen LogP contribution in [0.4, 0.5) is 0 Å². The molecule has 0 bridgehead atoms. The molecule has 4 nitrogen and oxygen atoms in total. The van der Waals surface area contributed by atoms with E-state index in [1.54, 1.807) is 18.9 Å². The summed E-state index contributed by atoms with van der Waals surface area (Å²) < 4.78 is 5.23. The average Bonchev–Trinajstić information content (AvgIpc) is 2.75. The van der Waals surface area contributed by atoms with Crippen LogP contribution in [0.3, 0.4) is 0 Å². The van der Waals surface area contributed by atoms with E-state index in [0.29, 0.717) is 0 Å². The van der Waals surface area contributed by atoms with Gasteiger partial charge in [-0.1, -0.05) is 12.1 Å². The molecule has 1 fully saturated rings. The number of hydrogen-bond acceptors (Lipinski definition) is 4. The largest absolute Gasteiger partial charge is 0.497 e. The third kappa shape index (κ3) is 3.52. The maximum absolute atomic E-state index is 12.4. The van der Waals surface area contributed by atoms with Gasteiger partial charge in [0.15, 0.2) is 0 Å². The van der Waals surface area contributed by atoms with E-state index < -0.39 is 0 Å². The molecule has 1 amide bonds. The molecule has 0 radical (unpaired) electrons. The minimum atomic E-state index is -0.144. The Morgan fingerprint density at radius 2 is 1.95 bits per heavy atom. The van der Waals surface area contributed by atoms with Crippen molar-refractivity contribution in [2.24, 2.45) is 0 Å². The number of nitrogens with one attached hydrogen (secondary N) is 1. The molecule has 2 atom stereocenters. The van der Waals surface area contributed by atoms with Gasteiger partial charge >= 0.3 is 0 Å². The van der Waals surface area contributed by atoms with Crippen molar-refractivity contribution >= 4 is 17.7 Å². The van der Waals surface area contributed by atoms with Gasteiger partial charge in [-0.2, -0.15) is 11.8 Å². The van der Waals surface area contributed by atoms with E-state index in [-0.39, 0.29) is 22.9 Å². The summed E-state index contributed by atoms with van der Waals surface area (Å²) >= 11 is 1.78. The number of nitrogens with zero attached hydrogens (tertiary/aromatic N) is 1. The van der Waals surface area contributed by atoms with Gasteiger partial charge < -0.3 is 9.64 Å². The van der Waals surface area contributed by atoms with Crippen LogP contribution in [0.25, 0.3) is 0 Å². The Hall–Kier alpha value is -1.20. The summed E-state index contributed by atoms with van der Waals surface area (Å²) in [5, 5.41) is 3.38. The Morgan fingerprint density at radius 3 is 2.48 bits per heavy atom. The van der Waals surface area contributed by atoms with Crippen LogP contribution in [0.5, 0.6) is 5.75 Å². The molecule has 0 aliphatic carbocycles. The molecule has 1 aliphatic heterocycles. The highest BCUT2D eigenvalue weighted by atomic mass is 32.2. The Bertz CT molecular complexity index is 502. The first kappa shape index (κ1) is 16.2. The lowest BCUT2D eigenvalue weighted by Crippen LogP contribution is -2.40. The summed E-state index contributed by atoms with van der Waals surface area (Å²) in [6.07, 6.45) is 2.02. The number of carbonyl (C=O) groups is 1. The topological polar surface area (TPSA) is 41.6 Å². The van der Waals surface area contributed by atoms with Crippen molar-refractivity contribution in [1.29, 1.82) is 0 Å². The first-order chi connectivity index (χ1) is 9.88. The smallest absolute Gasteiger partial charge is 0.241 e. The van der Waals surface area contributed by atoms with E-state index in [1.165, 1.54) is 0 Å². The van der Waals surface area contributed by atoms with Crippen molar-refractivity contribution in [2.75, 3.05) is 19.9 Å². The Balaban J connectivity index is 2.24. The first-order valence-corrected chi connectivity index (χ1v) is 8.36. The third-order valence-corrected chi connectivity index (χ3v) is 5.14. The number of thioether (sulfide) groups is 1. The molecule has 0 saturated carbocycles. The van der Waals surface area contributed by atoms with Crippen molar-refractivity contribution in [1.82, 2.24) is 10.2 Å². The quantitative estimate of drug-likeness (QED) is 0.908. The maximum atomic E-state index is 12.4. The number of hydrogen-bond donors (Lipinski definition) is 1. The predicted octanol–water partition coefficient (Wildman–Crippen LogP) is 2.66.